The van der Waals surface area contributed by atoms with E-state index in [0.717, 1.165) is 5.56 Å². The Labute approximate surface area is 130 Å². The summed E-state index contributed by atoms with van der Waals surface area (Å²) in [6.45, 7) is 0. The fourth-order valence-electron chi connectivity index (χ4n) is 1.66. The Hall–Kier alpha value is -1.54. The van der Waals surface area contributed by atoms with Gasteiger partial charge in [0.1, 0.15) is 17.6 Å². The lowest BCUT2D eigenvalue weighted by molar-refractivity contribution is 0.122. The molecule has 104 valence electrons. The number of para-hydroxylation sites is 2. The Kier molecular flexibility index (Phi) is 5.42. The molecule has 2 rings (SSSR count). The van der Waals surface area contributed by atoms with Gasteiger partial charge < -0.3 is 0 Å². The average Bonchev–Trinajstić information content (AvgIpc) is 2.50. The molecular weight excluding hydrogens is 372 g/mol. The molecule has 0 radical (unpaired) electrons. The van der Waals surface area contributed by atoms with Crippen LogP contribution in [0.25, 0.3) is 0 Å². The topological polar surface area (TPSA) is 57.5 Å². The van der Waals surface area contributed by atoms with E-state index in [1.165, 1.54) is 12.1 Å². The molecule has 0 amide bonds. The van der Waals surface area contributed by atoms with Crippen molar-refractivity contribution < 1.29 is 9.23 Å². The highest BCUT2D eigenvalue weighted by Gasteiger charge is 2.12. The minimum absolute atomic E-state index is 0.213. The van der Waals surface area contributed by atoms with E-state index in [4.69, 9.17) is 10.4 Å². The van der Waals surface area contributed by atoms with Gasteiger partial charge in [0, 0.05) is 4.43 Å². The number of benzene rings is 2. The van der Waals surface area contributed by atoms with E-state index < -0.39 is 0 Å². The first kappa shape index (κ1) is 14.9. The number of hydrogen-bond donors (Lipinski definition) is 2. The van der Waals surface area contributed by atoms with Crippen LogP contribution in [0.5, 0.6) is 0 Å². The van der Waals surface area contributed by atoms with Crippen LogP contribution in [0.3, 0.4) is 0 Å². The first-order valence-electron chi connectivity index (χ1n) is 5.94. The number of rotatable bonds is 6. The van der Waals surface area contributed by atoms with E-state index in [1.54, 1.807) is 30.3 Å². The maximum atomic E-state index is 12.9. The van der Waals surface area contributed by atoms with Crippen LogP contribution in [0.2, 0.25) is 0 Å². The van der Waals surface area contributed by atoms with Crippen LogP contribution in [0.1, 0.15) is 11.7 Å². The maximum Gasteiger partial charge on any atom is 0.123 e. The van der Waals surface area contributed by atoms with Gasteiger partial charge >= 0.3 is 0 Å². The lowest BCUT2D eigenvalue weighted by Gasteiger charge is -2.17. The summed E-state index contributed by atoms with van der Waals surface area (Å²) in [5.74, 6) is -0.271. The summed E-state index contributed by atoms with van der Waals surface area (Å²) in [6.07, 6.45) is -0.213. The van der Waals surface area contributed by atoms with Gasteiger partial charge in [-0.1, -0.05) is 46.9 Å². The molecule has 0 saturated heterocycles. The Bertz CT molecular complexity index is 577. The minimum atomic E-state index is -0.271. The van der Waals surface area contributed by atoms with Crippen molar-refractivity contribution in [1.82, 2.24) is 0 Å². The molecule has 2 aromatic carbocycles. The van der Waals surface area contributed by atoms with Gasteiger partial charge in [-0.15, -0.1) is 0 Å². The van der Waals surface area contributed by atoms with Crippen LogP contribution in [0.4, 0.5) is 15.8 Å². The van der Waals surface area contributed by atoms with Gasteiger partial charge in [0.15, 0.2) is 0 Å². The van der Waals surface area contributed by atoms with Crippen LogP contribution in [0, 0.1) is 11.3 Å². The zero-order chi connectivity index (χ0) is 14.4. The van der Waals surface area contributed by atoms with E-state index >= 15 is 0 Å². The van der Waals surface area contributed by atoms with Crippen LogP contribution >= 0.6 is 22.6 Å². The van der Waals surface area contributed by atoms with Gasteiger partial charge in [-0.05, 0) is 29.8 Å². The Morgan fingerprint density at radius 2 is 1.90 bits per heavy atom. The van der Waals surface area contributed by atoms with Crippen molar-refractivity contribution in [3.63, 3.8) is 0 Å². The predicted molar refractivity (Wildman–Crippen MR) is 84.0 cm³/mol. The van der Waals surface area contributed by atoms with E-state index in [0.29, 0.717) is 15.8 Å². The largest absolute Gasteiger partial charge is 0.267 e. The molecule has 0 bridgehead atoms. The smallest absolute Gasteiger partial charge is 0.123 e. The van der Waals surface area contributed by atoms with E-state index in [9.17, 15) is 4.39 Å². The van der Waals surface area contributed by atoms with Crippen LogP contribution < -0.4 is 5.48 Å². The number of halogens is 2. The average molecular weight is 385 g/mol. The minimum Gasteiger partial charge on any atom is -0.267 e. The summed E-state index contributed by atoms with van der Waals surface area (Å²) in [4.78, 5) is 5.62. The molecule has 0 aliphatic rings. The van der Waals surface area contributed by atoms with Crippen molar-refractivity contribution in [3.8, 4) is 0 Å². The number of nitrogens with one attached hydrogen (secondary N) is 2. The highest BCUT2D eigenvalue weighted by molar-refractivity contribution is 14.1. The first-order valence-corrected chi connectivity index (χ1v) is 7.46. The fourth-order valence-corrected chi connectivity index (χ4v) is 2.35. The highest BCUT2D eigenvalue weighted by atomic mass is 127. The molecule has 1 unspecified atom stereocenters. The maximum absolute atomic E-state index is 12.9. The van der Waals surface area contributed by atoms with Gasteiger partial charge in [-0.3, -0.25) is 10.3 Å². The molecule has 4 nitrogen and oxygen atoms in total. The van der Waals surface area contributed by atoms with E-state index in [1.807, 2.05) is 6.07 Å². The van der Waals surface area contributed by atoms with Gasteiger partial charge in [-0.2, -0.15) is 5.11 Å². The number of nitrogens with zero attached hydrogens (tertiary/aromatic N) is 1. The van der Waals surface area contributed by atoms with Gasteiger partial charge in [0.2, 0.25) is 0 Å². The van der Waals surface area contributed by atoms with Crippen LogP contribution in [-0.4, -0.2) is 4.43 Å². The summed E-state index contributed by atoms with van der Waals surface area (Å²) in [5.41, 5.74) is 11.9. The van der Waals surface area contributed by atoms with Crippen molar-refractivity contribution in [2.45, 2.75) is 6.10 Å². The second-order valence-corrected chi connectivity index (χ2v) is 4.92. The monoisotopic (exact) mass is 385 g/mol. The van der Waals surface area contributed by atoms with Crippen molar-refractivity contribution in [1.29, 1.82) is 5.53 Å². The summed E-state index contributed by atoms with van der Waals surface area (Å²) < 4.78 is 13.6. The zero-order valence-electron chi connectivity index (χ0n) is 10.5. The van der Waals surface area contributed by atoms with Crippen molar-refractivity contribution in [3.05, 3.63) is 59.9 Å². The van der Waals surface area contributed by atoms with Gasteiger partial charge in [0.25, 0.3) is 0 Å². The summed E-state index contributed by atoms with van der Waals surface area (Å²) in [6, 6.07) is 13.3. The lowest BCUT2D eigenvalue weighted by atomic mass is 10.1. The molecule has 0 aliphatic carbocycles. The standard InChI is InChI=1S/C14H13FIN3O/c15-11-7-5-10(6-8-11)14(9-16)20-19-13-4-2-1-3-12(13)18-17/h1-8,14,17,19H,9H2. The zero-order valence-corrected chi connectivity index (χ0v) is 12.7. The first-order chi connectivity index (χ1) is 9.74. The number of anilines is 1. The lowest BCUT2D eigenvalue weighted by Crippen LogP contribution is -2.11. The predicted octanol–water partition coefficient (Wildman–Crippen LogP) is 5.01. The fraction of sp³-hybridized carbons (Fsp3) is 0.143. The van der Waals surface area contributed by atoms with E-state index in [2.05, 4.69) is 33.2 Å². The molecule has 0 spiro atoms. The van der Waals surface area contributed by atoms with Crippen molar-refractivity contribution in [2.75, 3.05) is 9.91 Å². The molecule has 0 aromatic heterocycles. The number of hydrogen-bond acceptors (Lipinski definition) is 4. The molecule has 1 atom stereocenters. The second kappa shape index (κ2) is 7.30. The third kappa shape index (κ3) is 3.73. The summed E-state index contributed by atoms with van der Waals surface area (Å²) in [5, 5.41) is 3.41. The Morgan fingerprint density at radius 1 is 1.20 bits per heavy atom. The number of alkyl halides is 1. The van der Waals surface area contributed by atoms with Gasteiger partial charge in [0.05, 0.1) is 5.69 Å². The summed E-state index contributed by atoms with van der Waals surface area (Å²) >= 11 is 2.20. The molecule has 6 heteroatoms. The quantitative estimate of drug-likeness (QED) is 0.318. The normalized spacial score (nSPS) is 11.9. The second-order valence-electron chi connectivity index (χ2n) is 4.04. The van der Waals surface area contributed by atoms with Crippen molar-refractivity contribution in [2.24, 2.45) is 5.11 Å². The third-order valence-corrected chi connectivity index (χ3v) is 3.52. The Balaban J connectivity index is 2.07. The molecular formula is C14H13FIN3O. The molecule has 0 fully saturated rings. The summed E-state index contributed by atoms with van der Waals surface area (Å²) in [7, 11) is 0. The van der Waals surface area contributed by atoms with Crippen LogP contribution in [-0.2, 0) is 4.84 Å². The molecule has 2 N–H and O–H groups in total. The third-order valence-electron chi connectivity index (χ3n) is 2.72. The van der Waals surface area contributed by atoms with Crippen molar-refractivity contribution >= 4 is 34.0 Å². The van der Waals surface area contributed by atoms with E-state index in [-0.39, 0.29) is 11.9 Å². The Morgan fingerprint density at radius 3 is 2.55 bits per heavy atom. The molecule has 2 aromatic rings. The van der Waals surface area contributed by atoms with Crippen LogP contribution in [0.15, 0.2) is 53.6 Å². The highest BCUT2D eigenvalue weighted by Crippen LogP contribution is 2.26. The molecule has 0 heterocycles. The SMILES string of the molecule is N=Nc1ccccc1NOC(CI)c1ccc(F)cc1. The van der Waals surface area contributed by atoms with Gasteiger partial charge in [-0.25, -0.2) is 9.92 Å². The molecule has 0 aliphatic heterocycles. The molecule has 0 saturated carbocycles. The molecule has 20 heavy (non-hydrogen) atoms.